The minimum Gasteiger partial charge on any atom is -0.469 e. The van der Waals surface area contributed by atoms with Gasteiger partial charge < -0.3 is 10.1 Å². The molecular formula is C15H22N2O2S. The first kappa shape index (κ1) is 16.7. The summed E-state index contributed by atoms with van der Waals surface area (Å²) in [7, 11) is 1.41. The number of nitriles is 1. The second-order valence-electron chi connectivity index (χ2n) is 5.55. The van der Waals surface area contributed by atoms with E-state index < -0.39 is 0 Å². The summed E-state index contributed by atoms with van der Waals surface area (Å²) in [6.45, 7) is 5.01. The van der Waals surface area contributed by atoms with Gasteiger partial charge in [0.15, 0.2) is 0 Å². The van der Waals surface area contributed by atoms with Crippen LogP contribution >= 0.6 is 11.3 Å². The summed E-state index contributed by atoms with van der Waals surface area (Å²) in [4.78, 5) is 12.6. The number of carbonyl (C=O) groups is 1. The monoisotopic (exact) mass is 294 g/mol. The van der Waals surface area contributed by atoms with E-state index in [0.717, 1.165) is 17.8 Å². The van der Waals surface area contributed by atoms with Crippen LogP contribution in [0.15, 0.2) is 17.5 Å². The number of methoxy groups -OCH3 is 1. The number of nitrogens with one attached hydrogen (secondary N) is 1. The van der Waals surface area contributed by atoms with Crippen molar-refractivity contribution in [2.45, 2.75) is 39.2 Å². The number of rotatable bonds is 8. The zero-order chi connectivity index (χ0) is 15.0. The summed E-state index contributed by atoms with van der Waals surface area (Å²) in [6, 6.07) is 6.16. The molecule has 0 radical (unpaired) electrons. The first-order valence-corrected chi connectivity index (χ1v) is 7.57. The van der Waals surface area contributed by atoms with Gasteiger partial charge in [-0.2, -0.15) is 5.26 Å². The van der Waals surface area contributed by atoms with Crippen LogP contribution in [0.4, 0.5) is 0 Å². The topological polar surface area (TPSA) is 62.1 Å². The molecule has 0 spiro atoms. The molecule has 4 nitrogen and oxygen atoms in total. The number of hydrogen-bond donors (Lipinski definition) is 1. The molecule has 0 fully saturated rings. The van der Waals surface area contributed by atoms with Crippen molar-refractivity contribution in [1.29, 1.82) is 5.26 Å². The molecule has 1 rings (SSSR count). The van der Waals surface area contributed by atoms with E-state index in [0.29, 0.717) is 12.8 Å². The standard InChI is InChI=1S/C15H22N2O2S/c1-15(2,7-5-8-16)11-17-12(10-14(18)19-3)13-6-4-9-20-13/h4,6,9,12,17H,5,7,10-11H2,1-3H3. The molecule has 1 unspecified atom stereocenters. The highest BCUT2D eigenvalue weighted by Crippen LogP contribution is 2.26. The fourth-order valence-corrected chi connectivity index (χ4v) is 2.70. The molecule has 20 heavy (non-hydrogen) atoms. The first-order chi connectivity index (χ1) is 9.48. The molecule has 0 aliphatic heterocycles. The maximum atomic E-state index is 11.5. The average Bonchev–Trinajstić information content (AvgIpc) is 2.95. The van der Waals surface area contributed by atoms with Crippen LogP contribution in [-0.4, -0.2) is 19.6 Å². The Morgan fingerprint density at radius 1 is 1.60 bits per heavy atom. The maximum Gasteiger partial charge on any atom is 0.307 e. The number of esters is 1. The summed E-state index contributed by atoms with van der Waals surface area (Å²) in [6.07, 6.45) is 1.71. The Kier molecular flexibility index (Phi) is 6.69. The third-order valence-corrected chi connectivity index (χ3v) is 4.21. The van der Waals surface area contributed by atoms with Gasteiger partial charge in [0.05, 0.1) is 25.6 Å². The lowest BCUT2D eigenvalue weighted by Crippen LogP contribution is -2.33. The van der Waals surface area contributed by atoms with Crippen LogP contribution in [0.3, 0.4) is 0 Å². The van der Waals surface area contributed by atoms with Gasteiger partial charge in [-0.15, -0.1) is 11.3 Å². The molecule has 0 aliphatic rings. The van der Waals surface area contributed by atoms with Crippen molar-refractivity contribution in [2.75, 3.05) is 13.7 Å². The van der Waals surface area contributed by atoms with E-state index in [1.54, 1.807) is 11.3 Å². The number of thiophene rings is 1. The Balaban J connectivity index is 2.62. The molecule has 5 heteroatoms. The second kappa shape index (κ2) is 8.03. The van der Waals surface area contributed by atoms with Crippen LogP contribution in [0.25, 0.3) is 0 Å². The molecule has 110 valence electrons. The van der Waals surface area contributed by atoms with Gasteiger partial charge in [0.2, 0.25) is 0 Å². The second-order valence-corrected chi connectivity index (χ2v) is 6.53. The fourth-order valence-electron chi connectivity index (χ4n) is 1.90. The lowest BCUT2D eigenvalue weighted by molar-refractivity contribution is -0.141. The SMILES string of the molecule is COC(=O)CC(NCC(C)(C)CCC#N)c1cccs1. The fraction of sp³-hybridized carbons (Fsp3) is 0.600. The molecule has 1 aromatic heterocycles. The molecule has 1 N–H and O–H groups in total. The Hall–Kier alpha value is -1.38. The van der Waals surface area contributed by atoms with E-state index in [4.69, 9.17) is 10.00 Å². The first-order valence-electron chi connectivity index (χ1n) is 6.69. The van der Waals surface area contributed by atoms with Gasteiger partial charge in [-0.3, -0.25) is 4.79 Å². The average molecular weight is 294 g/mol. The lowest BCUT2D eigenvalue weighted by Gasteiger charge is -2.27. The number of ether oxygens (including phenoxy) is 1. The van der Waals surface area contributed by atoms with E-state index in [2.05, 4.69) is 25.2 Å². The van der Waals surface area contributed by atoms with Gasteiger partial charge in [-0.1, -0.05) is 19.9 Å². The lowest BCUT2D eigenvalue weighted by atomic mass is 9.87. The Morgan fingerprint density at radius 2 is 2.35 bits per heavy atom. The van der Waals surface area contributed by atoms with Crippen molar-refractivity contribution >= 4 is 17.3 Å². The van der Waals surface area contributed by atoms with Crippen LogP contribution in [-0.2, 0) is 9.53 Å². The van der Waals surface area contributed by atoms with Crippen LogP contribution in [0, 0.1) is 16.7 Å². The van der Waals surface area contributed by atoms with Crippen LogP contribution in [0.5, 0.6) is 0 Å². The minimum absolute atomic E-state index is 0.0242. The van der Waals surface area contributed by atoms with Gasteiger partial charge in [0.1, 0.15) is 0 Å². The highest BCUT2D eigenvalue weighted by atomic mass is 32.1. The van der Waals surface area contributed by atoms with Crippen molar-refractivity contribution in [1.82, 2.24) is 5.32 Å². The maximum absolute atomic E-state index is 11.5. The van der Waals surface area contributed by atoms with E-state index in [9.17, 15) is 4.79 Å². The molecule has 0 amide bonds. The van der Waals surface area contributed by atoms with E-state index in [-0.39, 0.29) is 17.4 Å². The van der Waals surface area contributed by atoms with E-state index in [1.807, 2.05) is 17.5 Å². The zero-order valence-electron chi connectivity index (χ0n) is 12.3. The van der Waals surface area contributed by atoms with Crippen molar-refractivity contribution < 1.29 is 9.53 Å². The number of nitrogens with zero attached hydrogens (tertiary/aromatic N) is 1. The molecule has 0 aliphatic carbocycles. The van der Waals surface area contributed by atoms with Gasteiger partial charge in [0.25, 0.3) is 0 Å². The predicted molar refractivity (Wildman–Crippen MR) is 80.3 cm³/mol. The number of hydrogen-bond acceptors (Lipinski definition) is 5. The normalized spacial score (nSPS) is 12.7. The molecule has 0 saturated carbocycles. The van der Waals surface area contributed by atoms with Gasteiger partial charge in [-0.25, -0.2) is 0 Å². The van der Waals surface area contributed by atoms with Crippen molar-refractivity contribution in [3.63, 3.8) is 0 Å². The smallest absolute Gasteiger partial charge is 0.307 e. The summed E-state index contributed by atoms with van der Waals surface area (Å²) in [5.74, 6) is -0.217. The van der Waals surface area contributed by atoms with Crippen LogP contribution in [0.1, 0.15) is 44.0 Å². The third kappa shape index (κ3) is 5.72. The van der Waals surface area contributed by atoms with Gasteiger partial charge in [-0.05, 0) is 23.3 Å². The van der Waals surface area contributed by atoms with Crippen LogP contribution < -0.4 is 5.32 Å². The van der Waals surface area contributed by atoms with E-state index in [1.165, 1.54) is 7.11 Å². The molecule has 0 aromatic carbocycles. The highest BCUT2D eigenvalue weighted by molar-refractivity contribution is 7.10. The quantitative estimate of drug-likeness (QED) is 0.747. The largest absolute Gasteiger partial charge is 0.469 e. The van der Waals surface area contributed by atoms with Crippen molar-refractivity contribution in [3.05, 3.63) is 22.4 Å². The zero-order valence-corrected chi connectivity index (χ0v) is 13.1. The molecule has 0 bridgehead atoms. The summed E-state index contributed by atoms with van der Waals surface area (Å²) < 4.78 is 4.76. The molecule has 1 aromatic rings. The Bertz CT molecular complexity index is 449. The summed E-state index contributed by atoms with van der Waals surface area (Å²) >= 11 is 1.63. The minimum atomic E-state index is -0.217. The van der Waals surface area contributed by atoms with Gasteiger partial charge >= 0.3 is 5.97 Å². The Morgan fingerprint density at radius 3 is 2.90 bits per heavy atom. The highest BCUT2D eigenvalue weighted by Gasteiger charge is 2.22. The summed E-state index contributed by atoms with van der Waals surface area (Å²) in [5, 5.41) is 14.1. The van der Waals surface area contributed by atoms with Gasteiger partial charge in [0, 0.05) is 17.8 Å². The summed E-state index contributed by atoms with van der Waals surface area (Å²) in [5.41, 5.74) is 0.0291. The molecule has 1 atom stereocenters. The third-order valence-electron chi connectivity index (χ3n) is 3.23. The number of carbonyl (C=O) groups excluding carboxylic acids is 1. The molecule has 1 heterocycles. The molecular weight excluding hydrogens is 272 g/mol. The van der Waals surface area contributed by atoms with Crippen LogP contribution in [0.2, 0.25) is 0 Å². The molecule has 0 saturated heterocycles. The van der Waals surface area contributed by atoms with E-state index >= 15 is 0 Å². The predicted octanol–water partition coefficient (Wildman–Crippen LogP) is 3.27. The van der Waals surface area contributed by atoms with Crippen molar-refractivity contribution in [3.8, 4) is 6.07 Å². The Labute approximate surface area is 124 Å². The van der Waals surface area contributed by atoms with Crippen molar-refractivity contribution in [2.24, 2.45) is 5.41 Å².